The summed E-state index contributed by atoms with van der Waals surface area (Å²) in [6, 6.07) is 4.77. The maximum absolute atomic E-state index is 13.1. The van der Waals surface area contributed by atoms with E-state index < -0.39 is 0 Å². The SMILES string of the molecule is CC(C)(CON)c1cc(F)cc(Br)c1. The lowest BCUT2D eigenvalue weighted by Gasteiger charge is -2.23. The fraction of sp³-hybridized carbons (Fsp3) is 0.400. The van der Waals surface area contributed by atoms with Gasteiger partial charge in [-0.1, -0.05) is 29.8 Å². The largest absolute Gasteiger partial charge is 0.304 e. The second-order valence-corrected chi connectivity index (χ2v) is 4.77. The molecule has 0 unspecified atom stereocenters. The minimum absolute atomic E-state index is 0.264. The van der Waals surface area contributed by atoms with Crippen LogP contribution >= 0.6 is 15.9 Å². The molecule has 0 aliphatic carbocycles. The molecule has 1 rings (SSSR count). The van der Waals surface area contributed by atoms with Gasteiger partial charge in [-0.05, 0) is 23.8 Å². The Labute approximate surface area is 91.3 Å². The quantitative estimate of drug-likeness (QED) is 0.850. The van der Waals surface area contributed by atoms with Crippen molar-refractivity contribution in [1.29, 1.82) is 0 Å². The third kappa shape index (κ3) is 2.77. The molecule has 4 heteroatoms. The summed E-state index contributed by atoms with van der Waals surface area (Å²) in [6.07, 6.45) is 0. The molecule has 78 valence electrons. The van der Waals surface area contributed by atoms with Crippen molar-refractivity contribution in [3.05, 3.63) is 34.1 Å². The van der Waals surface area contributed by atoms with E-state index >= 15 is 0 Å². The van der Waals surface area contributed by atoms with Gasteiger partial charge in [0, 0.05) is 9.89 Å². The Hall–Kier alpha value is -0.450. The van der Waals surface area contributed by atoms with Crippen LogP contribution in [0.2, 0.25) is 0 Å². The van der Waals surface area contributed by atoms with E-state index in [0.717, 1.165) is 10.0 Å². The van der Waals surface area contributed by atoms with Crippen LogP contribution in [0.25, 0.3) is 0 Å². The van der Waals surface area contributed by atoms with Crippen LogP contribution in [0.3, 0.4) is 0 Å². The molecule has 0 amide bonds. The Morgan fingerprint density at radius 1 is 1.43 bits per heavy atom. The third-order valence-corrected chi connectivity index (χ3v) is 2.55. The molecule has 0 aromatic heterocycles. The summed E-state index contributed by atoms with van der Waals surface area (Å²) in [5.41, 5.74) is 0.564. The summed E-state index contributed by atoms with van der Waals surface area (Å²) in [5.74, 6) is 4.76. The molecule has 1 aromatic carbocycles. The molecule has 1 aromatic rings. The smallest absolute Gasteiger partial charge is 0.124 e. The first-order valence-corrected chi connectivity index (χ1v) is 5.03. The first kappa shape index (κ1) is 11.6. The Kier molecular flexibility index (Phi) is 3.64. The highest BCUT2D eigenvalue weighted by Gasteiger charge is 2.21. The summed E-state index contributed by atoms with van der Waals surface area (Å²) >= 11 is 3.24. The van der Waals surface area contributed by atoms with Gasteiger partial charge in [0.25, 0.3) is 0 Å². The number of benzene rings is 1. The van der Waals surface area contributed by atoms with E-state index in [1.54, 1.807) is 0 Å². The Morgan fingerprint density at radius 2 is 2.07 bits per heavy atom. The average molecular weight is 262 g/mol. The second-order valence-electron chi connectivity index (χ2n) is 3.85. The molecule has 14 heavy (non-hydrogen) atoms. The number of rotatable bonds is 3. The van der Waals surface area contributed by atoms with Crippen molar-refractivity contribution in [2.75, 3.05) is 6.61 Å². The van der Waals surface area contributed by atoms with E-state index in [4.69, 9.17) is 5.90 Å². The highest BCUT2D eigenvalue weighted by molar-refractivity contribution is 9.10. The molecule has 0 saturated carbocycles. The maximum Gasteiger partial charge on any atom is 0.124 e. The monoisotopic (exact) mass is 261 g/mol. The summed E-state index contributed by atoms with van der Waals surface area (Å²) in [5, 5.41) is 0. The standard InChI is InChI=1S/C10H13BrFNO/c1-10(2,6-14-13)7-3-8(11)5-9(12)4-7/h3-5H,6,13H2,1-2H3. The Bertz CT molecular complexity index is 308. The highest BCUT2D eigenvalue weighted by atomic mass is 79.9. The molecular formula is C10H13BrFNO. The minimum Gasteiger partial charge on any atom is -0.304 e. The molecule has 0 atom stereocenters. The Balaban J connectivity index is 3.05. The number of nitrogens with two attached hydrogens (primary N) is 1. The van der Waals surface area contributed by atoms with Gasteiger partial charge >= 0.3 is 0 Å². The van der Waals surface area contributed by atoms with Gasteiger partial charge in [-0.15, -0.1) is 0 Å². The van der Waals surface area contributed by atoms with Crippen molar-refractivity contribution >= 4 is 15.9 Å². The van der Waals surface area contributed by atoms with Gasteiger partial charge in [0.2, 0.25) is 0 Å². The van der Waals surface area contributed by atoms with Crippen LogP contribution in [0.4, 0.5) is 4.39 Å². The van der Waals surface area contributed by atoms with E-state index in [-0.39, 0.29) is 11.2 Å². The molecule has 2 nitrogen and oxygen atoms in total. The van der Waals surface area contributed by atoms with Crippen LogP contribution in [0.5, 0.6) is 0 Å². The van der Waals surface area contributed by atoms with Crippen molar-refractivity contribution in [1.82, 2.24) is 0 Å². The lowest BCUT2D eigenvalue weighted by Crippen LogP contribution is -2.26. The topological polar surface area (TPSA) is 35.2 Å². The zero-order valence-electron chi connectivity index (χ0n) is 8.18. The first-order chi connectivity index (χ1) is 6.45. The summed E-state index contributed by atoms with van der Waals surface area (Å²) in [6.45, 7) is 4.24. The van der Waals surface area contributed by atoms with Gasteiger partial charge in [0.1, 0.15) is 5.82 Å². The van der Waals surface area contributed by atoms with E-state index in [1.807, 2.05) is 19.9 Å². The fourth-order valence-corrected chi connectivity index (χ4v) is 1.70. The van der Waals surface area contributed by atoms with Crippen molar-refractivity contribution in [3.63, 3.8) is 0 Å². The number of hydrogen-bond acceptors (Lipinski definition) is 2. The molecule has 2 N–H and O–H groups in total. The molecular weight excluding hydrogens is 249 g/mol. The van der Waals surface area contributed by atoms with Crippen LogP contribution in [0.15, 0.2) is 22.7 Å². The fourth-order valence-electron chi connectivity index (χ4n) is 1.24. The lowest BCUT2D eigenvalue weighted by atomic mass is 9.86. The Morgan fingerprint density at radius 3 is 2.57 bits per heavy atom. The predicted octanol–water partition coefficient (Wildman–Crippen LogP) is 2.76. The van der Waals surface area contributed by atoms with Crippen LogP contribution < -0.4 is 5.90 Å². The molecule has 0 spiro atoms. The molecule has 0 radical (unpaired) electrons. The maximum atomic E-state index is 13.1. The molecule has 0 aliphatic heterocycles. The molecule has 0 bridgehead atoms. The number of halogens is 2. The van der Waals surface area contributed by atoms with Crippen molar-refractivity contribution in [3.8, 4) is 0 Å². The average Bonchev–Trinajstić information content (AvgIpc) is 2.02. The molecule has 0 fully saturated rings. The lowest BCUT2D eigenvalue weighted by molar-refractivity contribution is 0.0963. The predicted molar refractivity (Wildman–Crippen MR) is 57.3 cm³/mol. The normalized spacial score (nSPS) is 11.8. The van der Waals surface area contributed by atoms with Gasteiger partial charge in [-0.25, -0.2) is 10.3 Å². The van der Waals surface area contributed by atoms with Crippen molar-refractivity contribution < 1.29 is 9.23 Å². The van der Waals surface area contributed by atoms with Crippen molar-refractivity contribution in [2.45, 2.75) is 19.3 Å². The highest BCUT2D eigenvalue weighted by Crippen LogP contribution is 2.26. The zero-order chi connectivity index (χ0) is 10.8. The van der Waals surface area contributed by atoms with Crippen LogP contribution in [-0.4, -0.2) is 6.61 Å². The molecule has 0 heterocycles. The molecule has 0 saturated heterocycles. The first-order valence-electron chi connectivity index (χ1n) is 4.24. The van der Waals surface area contributed by atoms with Gasteiger partial charge in [0.05, 0.1) is 6.61 Å². The zero-order valence-corrected chi connectivity index (χ0v) is 9.77. The second kappa shape index (κ2) is 4.38. The van der Waals surface area contributed by atoms with E-state index in [1.165, 1.54) is 12.1 Å². The van der Waals surface area contributed by atoms with Gasteiger partial charge in [0.15, 0.2) is 0 Å². The third-order valence-electron chi connectivity index (χ3n) is 2.09. The van der Waals surface area contributed by atoms with Crippen LogP contribution in [0, 0.1) is 5.82 Å². The van der Waals surface area contributed by atoms with E-state index in [0.29, 0.717) is 6.61 Å². The number of hydrogen-bond donors (Lipinski definition) is 1. The van der Waals surface area contributed by atoms with E-state index in [9.17, 15) is 4.39 Å². The van der Waals surface area contributed by atoms with Crippen LogP contribution in [0.1, 0.15) is 19.4 Å². The van der Waals surface area contributed by atoms with Gasteiger partial charge in [-0.2, -0.15) is 0 Å². The van der Waals surface area contributed by atoms with Gasteiger partial charge < -0.3 is 4.84 Å². The molecule has 0 aliphatic rings. The summed E-state index contributed by atoms with van der Waals surface area (Å²) in [7, 11) is 0. The van der Waals surface area contributed by atoms with Crippen LogP contribution in [-0.2, 0) is 10.3 Å². The minimum atomic E-state index is -0.292. The van der Waals surface area contributed by atoms with Gasteiger partial charge in [-0.3, -0.25) is 0 Å². The van der Waals surface area contributed by atoms with Crippen molar-refractivity contribution in [2.24, 2.45) is 5.90 Å². The summed E-state index contributed by atoms with van der Waals surface area (Å²) in [4.78, 5) is 4.60. The van der Waals surface area contributed by atoms with E-state index in [2.05, 4.69) is 20.8 Å². The summed E-state index contributed by atoms with van der Waals surface area (Å²) < 4.78 is 13.8.